The molecule has 0 aromatic carbocycles. The molecule has 0 heterocycles. The Bertz CT molecular complexity index is 50.3. The molecular weight excluding hydrogens is 98.1 g/mol. The fourth-order valence-electron chi connectivity index (χ4n) is 0.667. The lowest BCUT2D eigenvalue weighted by molar-refractivity contribution is 0.460. The van der Waals surface area contributed by atoms with E-state index in [2.05, 4.69) is 20.8 Å². The molecule has 0 saturated heterocycles. The van der Waals surface area contributed by atoms with Gasteiger partial charge < -0.3 is 5.73 Å². The van der Waals surface area contributed by atoms with E-state index >= 15 is 0 Å². The van der Waals surface area contributed by atoms with Crippen molar-refractivity contribution in [2.75, 3.05) is 0 Å². The molecule has 1 unspecified atom stereocenters. The van der Waals surface area contributed by atoms with Crippen molar-refractivity contribution in [3.8, 4) is 0 Å². The molecule has 0 radical (unpaired) electrons. The summed E-state index contributed by atoms with van der Waals surface area (Å²) < 4.78 is 0. The van der Waals surface area contributed by atoms with Gasteiger partial charge in [0, 0.05) is 6.04 Å². The van der Waals surface area contributed by atoms with E-state index in [1.54, 1.807) is 0 Å². The Morgan fingerprint density at radius 3 is 2.00 bits per heavy atom. The summed E-state index contributed by atoms with van der Waals surface area (Å²) in [6.45, 7) is 6.50. The van der Waals surface area contributed by atoms with E-state index in [-0.39, 0.29) is 0 Å². The molecule has 0 aromatic rings. The second-order valence-corrected chi connectivity index (χ2v) is 2.70. The third kappa shape index (κ3) is 3.03. The molecule has 0 bridgehead atoms. The molecule has 1 atom stereocenters. The van der Waals surface area contributed by atoms with Gasteiger partial charge in [-0.15, -0.1) is 0 Å². The van der Waals surface area contributed by atoms with Gasteiger partial charge in [0.05, 0.1) is 0 Å². The Labute approximate surface area is 52.3 Å². The van der Waals surface area contributed by atoms with Crippen molar-refractivity contribution in [2.24, 2.45) is 11.7 Å². The number of hydrogen-bond donors (Lipinski definition) is 1. The zero-order valence-electron chi connectivity index (χ0n) is 6.15. The Hall–Kier alpha value is -0.0400. The molecule has 0 aliphatic heterocycles. The quantitative estimate of drug-likeness (QED) is 0.596. The van der Waals surface area contributed by atoms with Crippen LogP contribution in [0.3, 0.4) is 0 Å². The van der Waals surface area contributed by atoms with E-state index in [9.17, 15) is 0 Å². The fourth-order valence-corrected chi connectivity index (χ4v) is 0.667. The summed E-state index contributed by atoms with van der Waals surface area (Å²) in [5.74, 6) is 0.648. The SMILES string of the molecule is CCCC(N)C(C)C. The molecular formula is C7H17N. The van der Waals surface area contributed by atoms with Crippen molar-refractivity contribution in [3.05, 3.63) is 0 Å². The van der Waals surface area contributed by atoms with Crippen LogP contribution in [0.15, 0.2) is 0 Å². The number of hydrogen-bond acceptors (Lipinski definition) is 1. The summed E-state index contributed by atoms with van der Waals surface area (Å²) in [5, 5.41) is 0. The van der Waals surface area contributed by atoms with Gasteiger partial charge in [-0.25, -0.2) is 0 Å². The van der Waals surface area contributed by atoms with Crippen LogP contribution in [-0.4, -0.2) is 6.04 Å². The van der Waals surface area contributed by atoms with Crippen LogP contribution < -0.4 is 5.73 Å². The molecule has 0 saturated carbocycles. The first kappa shape index (κ1) is 7.96. The zero-order chi connectivity index (χ0) is 6.57. The van der Waals surface area contributed by atoms with Crippen LogP contribution >= 0.6 is 0 Å². The average Bonchev–Trinajstić information content (AvgIpc) is 1.67. The minimum absolute atomic E-state index is 0.417. The topological polar surface area (TPSA) is 26.0 Å². The first-order valence-electron chi connectivity index (χ1n) is 3.44. The van der Waals surface area contributed by atoms with Crippen LogP contribution in [0.1, 0.15) is 33.6 Å². The summed E-state index contributed by atoms with van der Waals surface area (Å²) in [6, 6.07) is 0.417. The van der Waals surface area contributed by atoms with Gasteiger partial charge in [0.1, 0.15) is 0 Å². The first-order valence-corrected chi connectivity index (χ1v) is 3.44. The smallest absolute Gasteiger partial charge is 0.00617 e. The molecule has 50 valence electrons. The molecule has 0 fully saturated rings. The lowest BCUT2D eigenvalue weighted by Gasteiger charge is -2.12. The predicted octanol–water partition coefficient (Wildman–Crippen LogP) is 1.77. The van der Waals surface area contributed by atoms with E-state index in [1.807, 2.05) is 0 Å². The van der Waals surface area contributed by atoms with Crippen molar-refractivity contribution < 1.29 is 0 Å². The van der Waals surface area contributed by atoms with Gasteiger partial charge in [-0.2, -0.15) is 0 Å². The van der Waals surface area contributed by atoms with Gasteiger partial charge in [-0.3, -0.25) is 0 Å². The maximum atomic E-state index is 5.73. The second-order valence-electron chi connectivity index (χ2n) is 2.70. The summed E-state index contributed by atoms with van der Waals surface area (Å²) in [4.78, 5) is 0. The Kier molecular flexibility index (Phi) is 3.88. The van der Waals surface area contributed by atoms with Crippen molar-refractivity contribution in [3.63, 3.8) is 0 Å². The highest BCUT2D eigenvalue weighted by Crippen LogP contribution is 2.03. The minimum Gasteiger partial charge on any atom is -0.327 e. The van der Waals surface area contributed by atoms with Gasteiger partial charge in [0.15, 0.2) is 0 Å². The standard InChI is InChI=1S/C7H17N/c1-4-5-7(8)6(2)3/h6-7H,4-5,8H2,1-3H3. The average molecular weight is 115 g/mol. The van der Waals surface area contributed by atoms with Gasteiger partial charge >= 0.3 is 0 Å². The van der Waals surface area contributed by atoms with Gasteiger partial charge in [0.2, 0.25) is 0 Å². The van der Waals surface area contributed by atoms with Crippen molar-refractivity contribution in [2.45, 2.75) is 39.7 Å². The highest BCUT2D eigenvalue weighted by molar-refractivity contribution is 4.62. The lowest BCUT2D eigenvalue weighted by Crippen LogP contribution is -2.25. The van der Waals surface area contributed by atoms with Crippen LogP contribution in [0, 0.1) is 5.92 Å². The zero-order valence-corrected chi connectivity index (χ0v) is 6.15. The van der Waals surface area contributed by atoms with Crippen LogP contribution in [0.5, 0.6) is 0 Å². The van der Waals surface area contributed by atoms with E-state index < -0.39 is 0 Å². The fraction of sp³-hybridized carbons (Fsp3) is 1.00. The molecule has 0 aromatic heterocycles. The minimum atomic E-state index is 0.417. The Balaban J connectivity index is 3.17. The molecule has 1 nitrogen and oxygen atoms in total. The van der Waals surface area contributed by atoms with Crippen LogP contribution in [0.4, 0.5) is 0 Å². The van der Waals surface area contributed by atoms with Gasteiger partial charge in [0.25, 0.3) is 0 Å². The highest BCUT2D eigenvalue weighted by Gasteiger charge is 2.03. The number of rotatable bonds is 3. The van der Waals surface area contributed by atoms with E-state index in [0.717, 1.165) is 6.42 Å². The molecule has 0 spiro atoms. The maximum absolute atomic E-state index is 5.73. The summed E-state index contributed by atoms with van der Waals surface area (Å²) in [6.07, 6.45) is 2.37. The van der Waals surface area contributed by atoms with Crippen molar-refractivity contribution in [1.82, 2.24) is 0 Å². The lowest BCUT2D eigenvalue weighted by atomic mass is 10.0. The monoisotopic (exact) mass is 115 g/mol. The third-order valence-electron chi connectivity index (χ3n) is 1.48. The third-order valence-corrected chi connectivity index (χ3v) is 1.48. The summed E-state index contributed by atoms with van der Waals surface area (Å²) in [5.41, 5.74) is 5.73. The van der Waals surface area contributed by atoms with Crippen molar-refractivity contribution >= 4 is 0 Å². The van der Waals surface area contributed by atoms with Gasteiger partial charge in [-0.05, 0) is 12.3 Å². The number of nitrogens with two attached hydrogens (primary N) is 1. The molecule has 1 heteroatoms. The normalized spacial score (nSPS) is 14.6. The Morgan fingerprint density at radius 1 is 1.38 bits per heavy atom. The Morgan fingerprint density at radius 2 is 1.88 bits per heavy atom. The van der Waals surface area contributed by atoms with E-state index in [0.29, 0.717) is 12.0 Å². The van der Waals surface area contributed by atoms with E-state index in [1.165, 1.54) is 6.42 Å². The molecule has 8 heavy (non-hydrogen) atoms. The van der Waals surface area contributed by atoms with Gasteiger partial charge in [-0.1, -0.05) is 27.2 Å². The summed E-state index contributed by atoms with van der Waals surface area (Å²) in [7, 11) is 0. The molecule has 0 amide bonds. The molecule has 2 N–H and O–H groups in total. The second kappa shape index (κ2) is 3.90. The largest absolute Gasteiger partial charge is 0.327 e. The molecule has 0 aliphatic carbocycles. The predicted molar refractivity (Wildman–Crippen MR) is 37.7 cm³/mol. The van der Waals surface area contributed by atoms with Crippen LogP contribution in [-0.2, 0) is 0 Å². The van der Waals surface area contributed by atoms with E-state index in [4.69, 9.17) is 5.73 Å². The highest BCUT2D eigenvalue weighted by atomic mass is 14.6. The van der Waals surface area contributed by atoms with Crippen LogP contribution in [0.2, 0.25) is 0 Å². The maximum Gasteiger partial charge on any atom is 0.00617 e. The van der Waals surface area contributed by atoms with Crippen LogP contribution in [0.25, 0.3) is 0 Å². The summed E-state index contributed by atoms with van der Waals surface area (Å²) >= 11 is 0. The van der Waals surface area contributed by atoms with Crippen molar-refractivity contribution in [1.29, 1.82) is 0 Å². The molecule has 0 rings (SSSR count). The molecule has 0 aliphatic rings. The first-order chi connectivity index (χ1) is 3.68.